The first-order chi connectivity index (χ1) is 22.7. The van der Waals surface area contributed by atoms with Crippen LogP contribution in [-0.4, -0.2) is 42.9 Å². The van der Waals surface area contributed by atoms with Crippen molar-refractivity contribution in [3.63, 3.8) is 0 Å². The molecule has 8 nitrogen and oxygen atoms in total. The molecule has 1 aliphatic heterocycles. The van der Waals surface area contributed by atoms with E-state index < -0.39 is 26.6 Å². The summed E-state index contributed by atoms with van der Waals surface area (Å²) in [6, 6.07) is 11.9. The summed E-state index contributed by atoms with van der Waals surface area (Å²) in [4.78, 5) is 32.7. The molecule has 0 spiro atoms. The summed E-state index contributed by atoms with van der Waals surface area (Å²) in [6.07, 6.45) is 12.3. The number of carbonyl (C=O) groups excluding carboxylic acids is 2. The molecule has 1 N–H and O–H groups in total. The number of amides is 2. The molecule has 0 saturated heterocycles. The van der Waals surface area contributed by atoms with Gasteiger partial charge >= 0.3 is 0 Å². The van der Waals surface area contributed by atoms with E-state index >= 15 is 0 Å². The minimum Gasteiger partial charge on any atom is -0.497 e. The third-order valence-electron chi connectivity index (χ3n) is 11.0. The number of aliphatic imine (C=N–C) groups is 1. The Kier molecular flexibility index (Phi) is 8.56. The fourth-order valence-corrected chi connectivity index (χ4v) is 9.53. The molecule has 2 amide bonds. The zero-order valence-electron chi connectivity index (χ0n) is 27.9. The molecule has 47 heavy (non-hydrogen) atoms. The Morgan fingerprint density at radius 3 is 2.49 bits per heavy atom. The number of aromatic nitrogens is 1. The number of fused-ring (bicyclic) bond motifs is 7. The Hall–Kier alpha value is -3.46. The molecule has 2 heterocycles. The van der Waals surface area contributed by atoms with Crippen LogP contribution in [0.2, 0.25) is 0 Å². The topological polar surface area (TPSA) is 107 Å². The van der Waals surface area contributed by atoms with Crippen molar-refractivity contribution < 1.29 is 22.7 Å². The Labute approximate surface area is 278 Å². The van der Waals surface area contributed by atoms with Crippen LogP contribution in [0.15, 0.2) is 41.4 Å². The van der Waals surface area contributed by atoms with Crippen LogP contribution in [0, 0.1) is 5.41 Å². The van der Waals surface area contributed by atoms with Gasteiger partial charge in [-0.1, -0.05) is 52.0 Å². The summed E-state index contributed by atoms with van der Waals surface area (Å²) < 4.78 is 35.7. The number of hydrogen-bond acceptors (Lipinski definition) is 5. The molecule has 3 aliphatic carbocycles. The number of ether oxygens (including phenoxy) is 1. The molecule has 1 aromatic heterocycles. The van der Waals surface area contributed by atoms with Crippen LogP contribution in [0.3, 0.4) is 0 Å². The minimum atomic E-state index is -3.69. The van der Waals surface area contributed by atoms with E-state index in [0.29, 0.717) is 37.3 Å². The van der Waals surface area contributed by atoms with E-state index in [1.54, 1.807) is 13.2 Å². The van der Waals surface area contributed by atoms with Gasteiger partial charge in [0.2, 0.25) is 10.0 Å². The average molecular weight is 658 g/mol. The number of carbonyl (C=O) groups is 2. The lowest BCUT2D eigenvalue weighted by molar-refractivity contribution is -0.123. The van der Waals surface area contributed by atoms with Gasteiger partial charge in [-0.15, -0.1) is 0 Å². The molecule has 0 bridgehead atoms. The Balaban J connectivity index is 1.41. The van der Waals surface area contributed by atoms with Gasteiger partial charge in [-0.3, -0.25) is 9.59 Å². The smallest absolute Gasteiger partial charge is 0.264 e. The zero-order chi connectivity index (χ0) is 32.9. The molecule has 3 saturated carbocycles. The maximum Gasteiger partial charge on any atom is 0.264 e. The summed E-state index contributed by atoms with van der Waals surface area (Å²) in [7, 11) is -2.01. The zero-order valence-corrected chi connectivity index (χ0v) is 28.8. The molecular formula is C38H47N3O5S. The Morgan fingerprint density at radius 2 is 1.79 bits per heavy atom. The lowest BCUT2D eigenvalue weighted by Crippen LogP contribution is -2.33. The molecule has 250 valence electrons. The molecule has 7 rings (SSSR count). The van der Waals surface area contributed by atoms with Crippen LogP contribution < -0.4 is 9.46 Å². The van der Waals surface area contributed by atoms with Crippen molar-refractivity contribution in [1.29, 1.82) is 0 Å². The van der Waals surface area contributed by atoms with Crippen molar-refractivity contribution in [2.45, 2.75) is 121 Å². The van der Waals surface area contributed by atoms with Gasteiger partial charge in [0.15, 0.2) is 0 Å². The van der Waals surface area contributed by atoms with Crippen LogP contribution in [0.1, 0.15) is 131 Å². The second kappa shape index (κ2) is 12.5. The van der Waals surface area contributed by atoms with Crippen molar-refractivity contribution in [2.24, 2.45) is 10.4 Å². The van der Waals surface area contributed by atoms with Crippen molar-refractivity contribution >= 4 is 38.5 Å². The van der Waals surface area contributed by atoms with Gasteiger partial charge in [0.1, 0.15) is 5.75 Å². The van der Waals surface area contributed by atoms with E-state index in [1.807, 2.05) is 18.2 Å². The normalized spacial score (nSPS) is 22.6. The van der Waals surface area contributed by atoms with Crippen LogP contribution in [-0.2, 0) is 21.4 Å². The van der Waals surface area contributed by atoms with Crippen molar-refractivity contribution in [2.75, 3.05) is 7.11 Å². The number of hydrogen-bond donors (Lipinski definition) is 1. The minimum absolute atomic E-state index is 0.0159. The monoisotopic (exact) mass is 657 g/mol. The highest BCUT2D eigenvalue weighted by Gasteiger charge is 2.63. The standard InChI is InChI=1S/C38H47N3O5S/c1-4-6-13-26(10-5-2)39-37(43)38-22-32(38)31-21-27(46-3)15-19-29(31)35-34(24-11-8-7-9-12-24)30-18-14-25(20-33(30)41(35)23-38)36(42)40-47(44,45)28-16-17-28/h14-15,18-21,24,28,32H,4-13,16-17,22-23H2,1-3H3,(H,40,42). The van der Waals surface area contributed by atoms with Crippen LogP contribution >= 0.6 is 0 Å². The fraction of sp³-hybridized carbons (Fsp3) is 0.553. The number of rotatable bonds is 11. The SMILES string of the molecule is CCCCC(CCC)=NC(=O)C12CC1c1cc(OC)ccc1-c1c(C3CCCCC3)c3ccc(C(=O)NS(=O)(=O)C4CC4)cc3n1C2. The molecule has 2 aromatic carbocycles. The fourth-order valence-electron chi connectivity index (χ4n) is 8.23. The largest absolute Gasteiger partial charge is 0.497 e. The quantitative estimate of drug-likeness (QED) is 0.210. The van der Waals surface area contributed by atoms with Gasteiger partial charge in [0.25, 0.3) is 11.8 Å². The van der Waals surface area contributed by atoms with Crippen LogP contribution in [0.25, 0.3) is 22.2 Å². The number of sulfonamides is 1. The van der Waals surface area contributed by atoms with Gasteiger partial charge in [0, 0.05) is 40.2 Å². The third-order valence-corrected chi connectivity index (χ3v) is 12.8. The van der Waals surface area contributed by atoms with E-state index in [9.17, 15) is 18.0 Å². The van der Waals surface area contributed by atoms with Gasteiger partial charge < -0.3 is 9.30 Å². The van der Waals surface area contributed by atoms with Gasteiger partial charge in [-0.25, -0.2) is 18.1 Å². The first-order valence-electron chi connectivity index (χ1n) is 17.7. The molecule has 0 radical (unpaired) electrons. The van der Waals surface area contributed by atoms with Crippen LogP contribution in [0.5, 0.6) is 5.75 Å². The van der Waals surface area contributed by atoms with E-state index in [1.165, 1.54) is 24.8 Å². The second-order valence-corrected chi connectivity index (χ2v) is 16.3. The summed E-state index contributed by atoms with van der Waals surface area (Å²) in [5.41, 5.74) is 6.14. The van der Waals surface area contributed by atoms with Crippen molar-refractivity contribution in [1.82, 2.24) is 9.29 Å². The van der Waals surface area contributed by atoms with Crippen molar-refractivity contribution in [3.05, 3.63) is 53.1 Å². The highest BCUT2D eigenvalue weighted by Crippen LogP contribution is 2.66. The molecule has 3 fully saturated rings. The number of methoxy groups -OCH3 is 1. The van der Waals surface area contributed by atoms with E-state index in [-0.39, 0.29) is 11.8 Å². The van der Waals surface area contributed by atoms with Crippen LogP contribution in [0.4, 0.5) is 0 Å². The van der Waals surface area contributed by atoms with Gasteiger partial charge in [-0.05, 0) is 98.7 Å². The van der Waals surface area contributed by atoms with Gasteiger partial charge in [-0.2, -0.15) is 0 Å². The highest BCUT2D eigenvalue weighted by atomic mass is 32.2. The lowest BCUT2D eigenvalue weighted by Gasteiger charge is -2.24. The number of nitrogens with one attached hydrogen (secondary N) is 1. The predicted octanol–water partition coefficient (Wildman–Crippen LogP) is 8.03. The molecule has 9 heteroatoms. The number of unbranched alkanes of at least 4 members (excludes halogenated alkanes) is 1. The van der Waals surface area contributed by atoms with E-state index in [4.69, 9.17) is 9.73 Å². The molecule has 4 aliphatic rings. The number of nitrogens with zero attached hydrogens (tertiary/aromatic N) is 2. The second-order valence-electron chi connectivity index (χ2n) is 14.3. The summed E-state index contributed by atoms with van der Waals surface area (Å²) in [5.74, 6) is 0.495. The Bertz CT molecular complexity index is 1860. The summed E-state index contributed by atoms with van der Waals surface area (Å²) >= 11 is 0. The van der Waals surface area contributed by atoms with Crippen molar-refractivity contribution in [3.8, 4) is 17.0 Å². The van der Waals surface area contributed by atoms with E-state index in [0.717, 1.165) is 84.1 Å². The lowest BCUT2D eigenvalue weighted by atomic mass is 9.81. The van der Waals surface area contributed by atoms with E-state index in [2.05, 4.69) is 35.3 Å². The number of benzene rings is 2. The summed E-state index contributed by atoms with van der Waals surface area (Å²) in [6.45, 7) is 4.76. The maximum absolute atomic E-state index is 14.4. The van der Waals surface area contributed by atoms with Gasteiger partial charge in [0.05, 0.1) is 23.5 Å². The molecular weight excluding hydrogens is 611 g/mol. The first-order valence-corrected chi connectivity index (χ1v) is 19.3. The first kappa shape index (κ1) is 32.1. The average Bonchev–Trinajstić information content (AvgIpc) is 4.00. The molecule has 3 aromatic rings. The highest BCUT2D eigenvalue weighted by molar-refractivity contribution is 7.91. The summed E-state index contributed by atoms with van der Waals surface area (Å²) in [5, 5.41) is 0.592. The molecule has 2 unspecified atom stereocenters. The molecule has 2 atom stereocenters. The third kappa shape index (κ3) is 5.83. The maximum atomic E-state index is 14.4. The predicted molar refractivity (Wildman–Crippen MR) is 186 cm³/mol. The Morgan fingerprint density at radius 1 is 1.00 bits per heavy atom.